The number of carbonyl (C=O) groups excluding carboxylic acids is 2. The number of hydrogen-bond donors (Lipinski definition) is 1. The summed E-state index contributed by atoms with van der Waals surface area (Å²) in [5.41, 5.74) is 1.92. The van der Waals surface area contributed by atoms with Crippen molar-refractivity contribution in [3.05, 3.63) is 58.7 Å². The molecule has 9 nitrogen and oxygen atoms in total. The molecule has 0 spiro atoms. The number of ketones is 1. The van der Waals surface area contributed by atoms with E-state index in [1.54, 1.807) is 36.3 Å². The molecule has 2 aliphatic rings. The second-order valence-electron chi connectivity index (χ2n) is 11.5. The number of ether oxygens (including phenoxy) is 4. The van der Waals surface area contributed by atoms with Gasteiger partial charge in [-0.3, -0.25) is 14.5 Å². The molecule has 0 bridgehead atoms. The first kappa shape index (κ1) is 31.4. The summed E-state index contributed by atoms with van der Waals surface area (Å²) in [7, 11) is 1.56. The van der Waals surface area contributed by atoms with Crippen molar-refractivity contribution in [1.82, 2.24) is 9.80 Å². The van der Waals surface area contributed by atoms with E-state index < -0.39 is 17.7 Å². The number of amides is 1. The molecule has 1 amide bonds. The minimum Gasteiger partial charge on any atom is -0.507 e. The van der Waals surface area contributed by atoms with E-state index in [4.69, 9.17) is 18.9 Å². The van der Waals surface area contributed by atoms with Crippen molar-refractivity contribution in [3.63, 3.8) is 0 Å². The van der Waals surface area contributed by atoms with E-state index in [0.29, 0.717) is 67.2 Å². The third-order valence-electron chi connectivity index (χ3n) is 7.58. The number of hydrogen-bond acceptors (Lipinski definition) is 8. The number of likely N-dealkylation sites (tertiary alicyclic amines) is 1. The molecule has 9 heteroatoms. The van der Waals surface area contributed by atoms with Gasteiger partial charge in [0.15, 0.2) is 11.5 Å². The van der Waals surface area contributed by atoms with E-state index in [1.807, 2.05) is 32.9 Å². The molecule has 0 aliphatic carbocycles. The molecule has 1 N–H and O–H groups in total. The van der Waals surface area contributed by atoms with Crippen molar-refractivity contribution in [2.24, 2.45) is 5.92 Å². The predicted molar refractivity (Wildman–Crippen MR) is 161 cm³/mol. The normalized spacial score (nSPS) is 19.1. The Labute approximate surface area is 249 Å². The van der Waals surface area contributed by atoms with Crippen LogP contribution in [0.3, 0.4) is 0 Å². The lowest BCUT2D eigenvalue weighted by molar-refractivity contribution is -0.140. The lowest BCUT2D eigenvalue weighted by atomic mass is 9.93. The zero-order valence-corrected chi connectivity index (χ0v) is 25.6. The highest BCUT2D eigenvalue weighted by Crippen LogP contribution is 2.42. The van der Waals surface area contributed by atoms with Gasteiger partial charge in [-0.05, 0) is 74.6 Å². The zero-order valence-electron chi connectivity index (χ0n) is 25.6. The van der Waals surface area contributed by atoms with Crippen LogP contribution < -0.4 is 14.2 Å². The molecule has 228 valence electrons. The van der Waals surface area contributed by atoms with Crippen molar-refractivity contribution in [1.29, 1.82) is 0 Å². The van der Waals surface area contributed by atoms with Gasteiger partial charge in [-0.2, -0.15) is 0 Å². The molecule has 2 aromatic rings. The van der Waals surface area contributed by atoms with Crippen molar-refractivity contribution < 1.29 is 33.6 Å². The number of aliphatic hydroxyl groups excluding tert-OH is 1. The monoisotopic (exact) mass is 580 g/mol. The number of benzene rings is 2. The van der Waals surface area contributed by atoms with Gasteiger partial charge in [0.25, 0.3) is 11.7 Å². The molecular formula is C33H44N2O7. The van der Waals surface area contributed by atoms with Crippen molar-refractivity contribution >= 4 is 17.4 Å². The molecule has 0 saturated carbocycles. The predicted octanol–water partition coefficient (Wildman–Crippen LogP) is 4.97. The van der Waals surface area contributed by atoms with Gasteiger partial charge in [0, 0.05) is 31.7 Å². The summed E-state index contributed by atoms with van der Waals surface area (Å²) < 4.78 is 22.9. The summed E-state index contributed by atoms with van der Waals surface area (Å²) in [6, 6.07) is 9.96. The summed E-state index contributed by atoms with van der Waals surface area (Å²) in [6.07, 6.45) is 0.889. The molecule has 2 saturated heterocycles. The lowest BCUT2D eigenvalue weighted by Gasteiger charge is -2.31. The van der Waals surface area contributed by atoms with E-state index in [0.717, 1.165) is 25.1 Å². The number of aliphatic hydroxyl groups is 1. The molecule has 2 fully saturated rings. The van der Waals surface area contributed by atoms with Crippen molar-refractivity contribution in [2.45, 2.75) is 53.2 Å². The van der Waals surface area contributed by atoms with Gasteiger partial charge in [0.1, 0.15) is 11.5 Å². The molecule has 1 unspecified atom stereocenters. The lowest BCUT2D eigenvalue weighted by Crippen LogP contribution is -2.42. The van der Waals surface area contributed by atoms with Crippen LogP contribution >= 0.6 is 0 Å². The van der Waals surface area contributed by atoms with E-state index in [9.17, 15) is 14.7 Å². The van der Waals surface area contributed by atoms with Crippen LogP contribution in [0, 0.1) is 12.8 Å². The molecule has 42 heavy (non-hydrogen) atoms. The van der Waals surface area contributed by atoms with Gasteiger partial charge >= 0.3 is 0 Å². The smallest absolute Gasteiger partial charge is 0.295 e. The van der Waals surface area contributed by atoms with Crippen LogP contribution in [0.5, 0.6) is 17.2 Å². The van der Waals surface area contributed by atoms with Gasteiger partial charge in [-0.25, -0.2) is 0 Å². The summed E-state index contributed by atoms with van der Waals surface area (Å²) in [5.74, 6) is 0.693. The van der Waals surface area contributed by atoms with E-state index in [2.05, 4.69) is 18.7 Å². The minimum atomic E-state index is -0.796. The number of rotatable bonds is 12. The highest BCUT2D eigenvalue weighted by Gasteiger charge is 2.46. The molecule has 2 aromatic carbocycles. The maximum Gasteiger partial charge on any atom is 0.295 e. The summed E-state index contributed by atoms with van der Waals surface area (Å²) in [4.78, 5) is 30.9. The van der Waals surface area contributed by atoms with Crippen LogP contribution in [-0.4, -0.2) is 85.8 Å². The Bertz CT molecular complexity index is 1300. The SMILES string of the molecule is COc1cc(C2C(=C(O)c3ccc(OC(C)C)cc3C)C(=O)C(=O)N2CCN2CCOCC2)ccc1OCCC(C)C. The van der Waals surface area contributed by atoms with Gasteiger partial charge in [0.2, 0.25) is 0 Å². The first-order chi connectivity index (χ1) is 20.1. The van der Waals surface area contributed by atoms with Crippen LogP contribution in [0.2, 0.25) is 0 Å². The fourth-order valence-electron chi connectivity index (χ4n) is 5.30. The summed E-state index contributed by atoms with van der Waals surface area (Å²) in [5, 5.41) is 11.6. The number of methoxy groups -OCH3 is 1. The zero-order chi connectivity index (χ0) is 30.4. The Hall–Kier alpha value is -3.56. The van der Waals surface area contributed by atoms with Crippen molar-refractivity contribution in [3.8, 4) is 17.2 Å². The highest BCUT2D eigenvalue weighted by atomic mass is 16.5. The van der Waals surface area contributed by atoms with Crippen LogP contribution in [0.15, 0.2) is 42.0 Å². The van der Waals surface area contributed by atoms with Gasteiger partial charge < -0.3 is 29.0 Å². The molecule has 1 atom stereocenters. The second-order valence-corrected chi connectivity index (χ2v) is 11.5. The van der Waals surface area contributed by atoms with Crippen LogP contribution in [0.25, 0.3) is 5.76 Å². The first-order valence-electron chi connectivity index (χ1n) is 14.8. The molecule has 0 radical (unpaired) electrons. The second kappa shape index (κ2) is 14.1. The Morgan fingerprint density at radius 3 is 2.40 bits per heavy atom. The Morgan fingerprint density at radius 1 is 1.02 bits per heavy atom. The summed E-state index contributed by atoms with van der Waals surface area (Å²) >= 11 is 0. The van der Waals surface area contributed by atoms with Crippen LogP contribution in [-0.2, 0) is 14.3 Å². The van der Waals surface area contributed by atoms with Crippen LogP contribution in [0.4, 0.5) is 0 Å². The average molecular weight is 581 g/mol. The summed E-state index contributed by atoms with van der Waals surface area (Å²) in [6.45, 7) is 14.2. The number of nitrogens with zero attached hydrogens (tertiary/aromatic N) is 2. The first-order valence-corrected chi connectivity index (χ1v) is 14.8. The van der Waals surface area contributed by atoms with Crippen molar-refractivity contribution in [2.75, 3.05) is 53.1 Å². The number of carbonyl (C=O) groups is 2. The molecule has 2 heterocycles. The van der Waals surface area contributed by atoms with Gasteiger partial charge in [-0.1, -0.05) is 19.9 Å². The Balaban J connectivity index is 1.75. The minimum absolute atomic E-state index is 0.00653. The van der Waals surface area contributed by atoms with E-state index >= 15 is 0 Å². The molecule has 2 aliphatic heterocycles. The number of aryl methyl sites for hydroxylation is 1. The standard InChI is InChI=1S/C33H44N2O7/c1-21(2)11-16-41-27-10-7-24(20-28(27)39-6)30-29(31(36)26-9-8-25(19-23(26)5)42-22(3)4)32(37)33(38)35(30)13-12-34-14-17-40-18-15-34/h7-10,19-22,30,36H,11-18H2,1-6H3. The molecular weight excluding hydrogens is 536 g/mol. The van der Waals surface area contributed by atoms with E-state index in [-0.39, 0.29) is 17.4 Å². The Morgan fingerprint density at radius 2 is 1.76 bits per heavy atom. The molecule has 4 rings (SSSR count). The van der Waals surface area contributed by atoms with Gasteiger partial charge in [0.05, 0.1) is 44.6 Å². The van der Waals surface area contributed by atoms with E-state index in [1.165, 1.54) is 0 Å². The number of Topliss-reactive ketones (excluding diaryl/α,β-unsaturated/α-hetero) is 1. The quantitative estimate of drug-likeness (QED) is 0.214. The molecule has 0 aromatic heterocycles. The third kappa shape index (κ3) is 7.25. The fraction of sp³-hybridized carbons (Fsp3) is 0.515. The van der Waals surface area contributed by atoms with Gasteiger partial charge in [-0.15, -0.1) is 0 Å². The Kier molecular flexibility index (Phi) is 10.5. The maximum absolute atomic E-state index is 13.6. The fourth-order valence-corrected chi connectivity index (χ4v) is 5.30. The maximum atomic E-state index is 13.6. The topological polar surface area (TPSA) is 97.8 Å². The largest absolute Gasteiger partial charge is 0.507 e. The average Bonchev–Trinajstić information content (AvgIpc) is 3.21. The highest BCUT2D eigenvalue weighted by molar-refractivity contribution is 6.46. The van der Waals surface area contributed by atoms with Crippen LogP contribution in [0.1, 0.15) is 56.8 Å². The third-order valence-corrected chi connectivity index (χ3v) is 7.58. The number of morpholine rings is 1.